The molecule has 0 amide bonds. The van der Waals surface area contributed by atoms with Crippen molar-refractivity contribution in [3.05, 3.63) is 29.8 Å². The molecule has 0 saturated carbocycles. The second kappa shape index (κ2) is 14.3. The molecule has 26 heavy (non-hydrogen) atoms. The number of unbranched alkanes of at least 4 members (excludes halogenated alkanes) is 7. The summed E-state index contributed by atoms with van der Waals surface area (Å²) >= 11 is 0. The number of esters is 1. The zero-order chi connectivity index (χ0) is 19.0. The average molecular weight is 363 g/mol. The Morgan fingerprint density at radius 1 is 0.885 bits per heavy atom. The number of nitrogens with two attached hydrogens (primary N) is 1. The summed E-state index contributed by atoms with van der Waals surface area (Å²) in [6, 6.07) is 7.15. The van der Waals surface area contributed by atoms with E-state index in [2.05, 4.69) is 0 Å². The summed E-state index contributed by atoms with van der Waals surface area (Å²) in [6.07, 6.45) is 9.63. The van der Waals surface area contributed by atoms with Gasteiger partial charge in [0.25, 0.3) is 0 Å². The summed E-state index contributed by atoms with van der Waals surface area (Å²) in [5, 5.41) is 0. The molecule has 5 nitrogen and oxygen atoms in total. The minimum Gasteiger partial charge on any atom is -0.494 e. The van der Waals surface area contributed by atoms with E-state index in [4.69, 9.17) is 15.2 Å². The summed E-state index contributed by atoms with van der Waals surface area (Å²) in [5.41, 5.74) is 5.96. The second-order valence-corrected chi connectivity index (χ2v) is 6.38. The van der Waals surface area contributed by atoms with E-state index in [1.807, 2.05) is 19.1 Å². The summed E-state index contributed by atoms with van der Waals surface area (Å²) < 4.78 is 10.6. The van der Waals surface area contributed by atoms with E-state index < -0.39 is 0 Å². The van der Waals surface area contributed by atoms with Crippen LogP contribution in [0.25, 0.3) is 0 Å². The monoisotopic (exact) mass is 363 g/mol. The lowest BCUT2D eigenvalue weighted by molar-refractivity contribution is -0.143. The molecular formula is C21H33NO4. The van der Waals surface area contributed by atoms with Gasteiger partial charge in [-0.2, -0.15) is 0 Å². The number of carbonyl (C=O) groups is 2. The number of ketones is 1. The molecule has 0 fully saturated rings. The molecule has 5 heteroatoms. The molecule has 0 aliphatic carbocycles. The molecule has 0 spiro atoms. The van der Waals surface area contributed by atoms with Crippen LogP contribution in [0.5, 0.6) is 5.75 Å². The predicted octanol–water partition coefficient (Wildman–Crippen LogP) is 4.28. The molecule has 1 rings (SSSR count). The highest BCUT2D eigenvalue weighted by atomic mass is 16.5. The maximum atomic E-state index is 11.4. The molecule has 0 saturated heterocycles. The van der Waals surface area contributed by atoms with Gasteiger partial charge in [-0.05, 0) is 44.0 Å². The maximum Gasteiger partial charge on any atom is 0.305 e. The minimum atomic E-state index is -0.0758. The predicted molar refractivity (Wildman–Crippen MR) is 104 cm³/mol. The summed E-state index contributed by atoms with van der Waals surface area (Å²) in [4.78, 5) is 22.6. The fraction of sp³-hybridized carbons (Fsp3) is 0.619. The first-order chi connectivity index (χ1) is 12.7. The molecule has 0 radical (unpaired) electrons. The van der Waals surface area contributed by atoms with Crippen LogP contribution >= 0.6 is 0 Å². The third-order valence-electron chi connectivity index (χ3n) is 4.21. The number of benzene rings is 1. The van der Waals surface area contributed by atoms with Crippen molar-refractivity contribution in [3.8, 4) is 5.75 Å². The minimum absolute atomic E-state index is 0.0333. The normalized spacial score (nSPS) is 10.5. The standard InChI is InChI=1S/C21H33NO4/c1-2-25-21(24)11-9-7-5-3-4-6-8-10-16-26-19-14-12-18(13-15-19)20(23)17-22/h12-15H,2-11,16-17,22H2,1H3. The summed E-state index contributed by atoms with van der Waals surface area (Å²) in [6.45, 7) is 3.04. The quantitative estimate of drug-likeness (QED) is 0.286. The SMILES string of the molecule is CCOC(=O)CCCCCCCCCCOc1ccc(C(=O)CN)cc1. The van der Waals surface area contributed by atoms with E-state index in [1.165, 1.54) is 25.7 Å². The Bertz CT molecular complexity index is 513. The Hall–Kier alpha value is -1.88. The van der Waals surface area contributed by atoms with E-state index in [0.29, 0.717) is 25.2 Å². The molecule has 0 aliphatic rings. The summed E-state index contributed by atoms with van der Waals surface area (Å²) in [7, 11) is 0. The lowest BCUT2D eigenvalue weighted by Crippen LogP contribution is -2.13. The van der Waals surface area contributed by atoms with Crippen molar-refractivity contribution in [2.75, 3.05) is 19.8 Å². The first kappa shape index (κ1) is 22.2. The van der Waals surface area contributed by atoms with Crippen molar-refractivity contribution in [3.63, 3.8) is 0 Å². The Morgan fingerprint density at radius 2 is 1.46 bits per heavy atom. The molecular weight excluding hydrogens is 330 g/mol. The number of Topliss-reactive ketones (excluding diaryl/α,β-unsaturated/α-hetero) is 1. The number of carbonyl (C=O) groups excluding carboxylic acids is 2. The molecule has 0 aromatic heterocycles. The average Bonchev–Trinajstić information content (AvgIpc) is 2.66. The Kier molecular flexibility index (Phi) is 12.2. The number of rotatable bonds is 15. The highest BCUT2D eigenvalue weighted by molar-refractivity contribution is 5.97. The highest BCUT2D eigenvalue weighted by Gasteiger charge is 2.03. The third-order valence-corrected chi connectivity index (χ3v) is 4.21. The molecule has 146 valence electrons. The topological polar surface area (TPSA) is 78.6 Å². The molecule has 1 aromatic rings. The molecule has 0 aliphatic heterocycles. The van der Waals surface area contributed by atoms with Crippen LogP contribution in [0.2, 0.25) is 0 Å². The summed E-state index contributed by atoms with van der Waals surface area (Å²) in [5.74, 6) is 0.658. The zero-order valence-electron chi connectivity index (χ0n) is 16.0. The first-order valence-electron chi connectivity index (χ1n) is 9.79. The van der Waals surface area contributed by atoms with Crippen molar-refractivity contribution in [2.45, 2.75) is 64.7 Å². The Morgan fingerprint density at radius 3 is 2.04 bits per heavy atom. The van der Waals surface area contributed by atoms with Crippen LogP contribution in [0.1, 0.15) is 75.1 Å². The fourth-order valence-electron chi connectivity index (χ4n) is 2.71. The maximum absolute atomic E-state index is 11.4. The van der Waals surface area contributed by atoms with Crippen LogP contribution in [0.3, 0.4) is 0 Å². The lowest BCUT2D eigenvalue weighted by atomic mass is 10.1. The van der Waals surface area contributed by atoms with E-state index >= 15 is 0 Å². The first-order valence-corrected chi connectivity index (χ1v) is 9.79. The fourth-order valence-corrected chi connectivity index (χ4v) is 2.71. The van der Waals surface area contributed by atoms with Gasteiger partial charge in [-0.25, -0.2) is 0 Å². The van der Waals surface area contributed by atoms with Crippen LogP contribution in [-0.4, -0.2) is 31.5 Å². The third kappa shape index (κ3) is 10.2. The highest BCUT2D eigenvalue weighted by Crippen LogP contribution is 2.14. The van der Waals surface area contributed by atoms with E-state index in [0.717, 1.165) is 31.4 Å². The van der Waals surface area contributed by atoms with Crippen molar-refractivity contribution in [2.24, 2.45) is 5.73 Å². The van der Waals surface area contributed by atoms with E-state index in [-0.39, 0.29) is 18.3 Å². The Balaban J connectivity index is 1.93. The van der Waals surface area contributed by atoms with Gasteiger partial charge in [-0.15, -0.1) is 0 Å². The van der Waals surface area contributed by atoms with Gasteiger partial charge in [0, 0.05) is 12.0 Å². The second-order valence-electron chi connectivity index (χ2n) is 6.38. The van der Waals surface area contributed by atoms with Crippen molar-refractivity contribution < 1.29 is 19.1 Å². The van der Waals surface area contributed by atoms with Gasteiger partial charge in [-0.1, -0.05) is 38.5 Å². The lowest BCUT2D eigenvalue weighted by Gasteiger charge is -2.07. The van der Waals surface area contributed by atoms with Crippen molar-refractivity contribution in [1.29, 1.82) is 0 Å². The van der Waals surface area contributed by atoms with Crippen molar-refractivity contribution >= 4 is 11.8 Å². The number of hydrogen-bond donors (Lipinski definition) is 1. The zero-order valence-corrected chi connectivity index (χ0v) is 16.0. The molecule has 0 bridgehead atoms. The van der Waals surface area contributed by atoms with Gasteiger partial charge in [-0.3, -0.25) is 9.59 Å². The van der Waals surface area contributed by atoms with Gasteiger partial charge < -0.3 is 15.2 Å². The van der Waals surface area contributed by atoms with Crippen LogP contribution in [0.4, 0.5) is 0 Å². The van der Waals surface area contributed by atoms with Crippen LogP contribution in [0, 0.1) is 0 Å². The van der Waals surface area contributed by atoms with Crippen LogP contribution in [-0.2, 0) is 9.53 Å². The molecule has 0 unspecified atom stereocenters. The van der Waals surface area contributed by atoms with E-state index in [9.17, 15) is 9.59 Å². The number of hydrogen-bond acceptors (Lipinski definition) is 5. The van der Waals surface area contributed by atoms with Gasteiger partial charge in [0.05, 0.1) is 19.8 Å². The molecule has 2 N–H and O–H groups in total. The smallest absolute Gasteiger partial charge is 0.305 e. The largest absolute Gasteiger partial charge is 0.494 e. The van der Waals surface area contributed by atoms with Gasteiger partial charge >= 0.3 is 5.97 Å². The van der Waals surface area contributed by atoms with E-state index in [1.54, 1.807) is 12.1 Å². The Labute approximate surface area is 157 Å². The van der Waals surface area contributed by atoms with Crippen LogP contribution in [0.15, 0.2) is 24.3 Å². The molecule has 1 aromatic carbocycles. The molecule has 0 atom stereocenters. The molecule has 0 heterocycles. The van der Waals surface area contributed by atoms with Gasteiger partial charge in [0.1, 0.15) is 5.75 Å². The van der Waals surface area contributed by atoms with Gasteiger partial charge in [0.15, 0.2) is 5.78 Å². The van der Waals surface area contributed by atoms with Gasteiger partial charge in [0.2, 0.25) is 0 Å². The van der Waals surface area contributed by atoms with Crippen molar-refractivity contribution in [1.82, 2.24) is 0 Å². The van der Waals surface area contributed by atoms with Crippen LogP contribution < -0.4 is 10.5 Å². The number of ether oxygens (including phenoxy) is 2.